The minimum absolute atomic E-state index is 0.262. The highest BCUT2D eigenvalue weighted by molar-refractivity contribution is 6.33. The van der Waals surface area contributed by atoms with E-state index in [4.69, 9.17) is 11.6 Å². The van der Waals surface area contributed by atoms with Crippen LogP contribution < -0.4 is 0 Å². The monoisotopic (exact) mass is 224 g/mol. The molecule has 0 saturated heterocycles. The smallest absolute Gasteiger partial charge is 0.123 e. The maximum Gasteiger partial charge on any atom is 0.123 e. The summed E-state index contributed by atoms with van der Waals surface area (Å²) in [5, 5.41) is 4.89. The van der Waals surface area contributed by atoms with Gasteiger partial charge >= 0.3 is 0 Å². The second kappa shape index (κ2) is 3.66. The molecule has 2 rings (SSSR count). The van der Waals surface area contributed by atoms with Crippen LogP contribution in [-0.2, 0) is 7.05 Å². The Hall–Kier alpha value is -1.35. The maximum absolute atomic E-state index is 12.7. The molecule has 1 heterocycles. The lowest BCUT2D eigenvalue weighted by atomic mass is 10.1. The zero-order valence-electron chi connectivity index (χ0n) is 8.46. The Morgan fingerprint density at radius 1 is 1.27 bits per heavy atom. The summed E-state index contributed by atoms with van der Waals surface area (Å²) in [4.78, 5) is 0. The molecule has 1 aromatic carbocycles. The van der Waals surface area contributed by atoms with Gasteiger partial charge in [-0.05, 0) is 31.2 Å². The SMILES string of the molecule is Cc1c(Cl)c(-c2ccc(F)cc2)nn1C. The van der Waals surface area contributed by atoms with Gasteiger partial charge in [-0.15, -0.1) is 0 Å². The summed E-state index contributed by atoms with van der Waals surface area (Å²) in [5.74, 6) is -0.262. The first-order chi connectivity index (χ1) is 7.09. The van der Waals surface area contributed by atoms with E-state index >= 15 is 0 Å². The van der Waals surface area contributed by atoms with Crippen molar-refractivity contribution in [3.63, 3.8) is 0 Å². The van der Waals surface area contributed by atoms with Gasteiger partial charge in [-0.3, -0.25) is 4.68 Å². The van der Waals surface area contributed by atoms with Crippen LogP contribution in [0, 0.1) is 12.7 Å². The second-order valence-electron chi connectivity index (χ2n) is 3.38. The number of aryl methyl sites for hydroxylation is 1. The van der Waals surface area contributed by atoms with Crippen molar-refractivity contribution in [3.8, 4) is 11.3 Å². The third-order valence-electron chi connectivity index (χ3n) is 2.38. The van der Waals surface area contributed by atoms with Crippen molar-refractivity contribution in [2.24, 2.45) is 7.05 Å². The van der Waals surface area contributed by atoms with Crippen LogP contribution in [0.5, 0.6) is 0 Å². The van der Waals surface area contributed by atoms with Gasteiger partial charge in [0.15, 0.2) is 0 Å². The van der Waals surface area contributed by atoms with Crippen molar-refractivity contribution in [2.75, 3.05) is 0 Å². The van der Waals surface area contributed by atoms with Crippen LogP contribution in [0.2, 0.25) is 5.02 Å². The Bertz CT molecular complexity index is 488. The Morgan fingerprint density at radius 2 is 1.87 bits per heavy atom. The average molecular weight is 225 g/mol. The molecule has 0 aliphatic heterocycles. The first kappa shape index (κ1) is 10.2. The molecule has 0 N–H and O–H groups in total. The summed E-state index contributed by atoms with van der Waals surface area (Å²) in [5.41, 5.74) is 2.41. The first-order valence-electron chi connectivity index (χ1n) is 4.54. The number of hydrogen-bond acceptors (Lipinski definition) is 1. The van der Waals surface area contributed by atoms with E-state index in [1.807, 2.05) is 14.0 Å². The summed E-state index contributed by atoms with van der Waals surface area (Å²) in [6.07, 6.45) is 0. The summed E-state index contributed by atoms with van der Waals surface area (Å²) in [6, 6.07) is 6.14. The molecular formula is C11H10ClFN2. The van der Waals surface area contributed by atoms with Crippen LogP contribution in [-0.4, -0.2) is 9.78 Å². The highest BCUT2D eigenvalue weighted by atomic mass is 35.5. The fourth-order valence-corrected chi connectivity index (χ4v) is 1.64. The van der Waals surface area contributed by atoms with Crippen LogP contribution in [0.25, 0.3) is 11.3 Å². The minimum atomic E-state index is -0.262. The Labute approximate surface area is 92.3 Å². The van der Waals surface area contributed by atoms with E-state index in [1.54, 1.807) is 16.8 Å². The number of nitrogens with zero attached hydrogens (tertiary/aromatic N) is 2. The summed E-state index contributed by atoms with van der Waals surface area (Å²) in [6.45, 7) is 1.89. The number of halogens is 2. The lowest BCUT2D eigenvalue weighted by Gasteiger charge is -1.96. The van der Waals surface area contributed by atoms with Crippen LogP contribution >= 0.6 is 11.6 Å². The van der Waals surface area contributed by atoms with Crippen molar-refractivity contribution in [2.45, 2.75) is 6.92 Å². The van der Waals surface area contributed by atoms with Gasteiger partial charge in [-0.1, -0.05) is 11.6 Å². The van der Waals surface area contributed by atoms with Crippen LogP contribution in [0.4, 0.5) is 4.39 Å². The maximum atomic E-state index is 12.7. The van der Waals surface area contributed by atoms with Crippen LogP contribution in [0.3, 0.4) is 0 Å². The molecule has 0 radical (unpaired) electrons. The third kappa shape index (κ3) is 1.75. The van der Waals surface area contributed by atoms with E-state index in [0.29, 0.717) is 10.7 Å². The highest BCUT2D eigenvalue weighted by Crippen LogP contribution is 2.28. The quantitative estimate of drug-likeness (QED) is 0.728. The van der Waals surface area contributed by atoms with Gasteiger partial charge in [0, 0.05) is 12.6 Å². The topological polar surface area (TPSA) is 17.8 Å². The molecule has 0 bridgehead atoms. The lowest BCUT2D eigenvalue weighted by Crippen LogP contribution is -1.92. The van der Waals surface area contributed by atoms with Gasteiger partial charge in [0.1, 0.15) is 11.5 Å². The largest absolute Gasteiger partial charge is 0.271 e. The molecule has 4 heteroatoms. The molecule has 0 amide bonds. The van der Waals surface area contributed by atoms with Gasteiger partial charge in [-0.25, -0.2) is 4.39 Å². The van der Waals surface area contributed by atoms with Gasteiger partial charge in [0.25, 0.3) is 0 Å². The molecule has 0 aliphatic carbocycles. The fraction of sp³-hybridized carbons (Fsp3) is 0.182. The summed E-state index contributed by atoms with van der Waals surface area (Å²) < 4.78 is 14.4. The van der Waals surface area contributed by atoms with Crippen LogP contribution in [0.1, 0.15) is 5.69 Å². The van der Waals surface area contributed by atoms with Gasteiger partial charge < -0.3 is 0 Å². The molecule has 0 atom stereocenters. The predicted octanol–water partition coefficient (Wildman–Crippen LogP) is 3.19. The first-order valence-corrected chi connectivity index (χ1v) is 4.92. The standard InChI is InChI=1S/C11H10ClFN2/c1-7-10(12)11(14-15(7)2)8-3-5-9(13)6-4-8/h3-6H,1-2H3. The van der Waals surface area contributed by atoms with E-state index in [0.717, 1.165) is 11.3 Å². The van der Waals surface area contributed by atoms with Crippen molar-refractivity contribution in [1.29, 1.82) is 0 Å². The van der Waals surface area contributed by atoms with E-state index < -0.39 is 0 Å². The predicted molar refractivity (Wildman–Crippen MR) is 58.3 cm³/mol. The Morgan fingerprint density at radius 3 is 2.33 bits per heavy atom. The molecule has 15 heavy (non-hydrogen) atoms. The molecule has 0 fully saturated rings. The summed E-state index contributed by atoms with van der Waals surface area (Å²) >= 11 is 6.11. The third-order valence-corrected chi connectivity index (χ3v) is 2.83. The van der Waals surface area contributed by atoms with E-state index in [2.05, 4.69) is 5.10 Å². The van der Waals surface area contributed by atoms with Crippen molar-refractivity contribution in [1.82, 2.24) is 9.78 Å². The number of benzene rings is 1. The number of aromatic nitrogens is 2. The fourth-order valence-electron chi connectivity index (χ4n) is 1.37. The molecular weight excluding hydrogens is 215 g/mol. The van der Waals surface area contributed by atoms with E-state index in [-0.39, 0.29) is 5.82 Å². The highest BCUT2D eigenvalue weighted by Gasteiger charge is 2.12. The molecule has 0 spiro atoms. The molecule has 2 aromatic rings. The molecule has 78 valence electrons. The molecule has 2 nitrogen and oxygen atoms in total. The van der Waals surface area contributed by atoms with Crippen molar-refractivity contribution >= 4 is 11.6 Å². The number of rotatable bonds is 1. The van der Waals surface area contributed by atoms with Gasteiger partial charge in [-0.2, -0.15) is 5.10 Å². The summed E-state index contributed by atoms with van der Waals surface area (Å²) in [7, 11) is 1.83. The lowest BCUT2D eigenvalue weighted by molar-refractivity contribution is 0.628. The molecule has 0 aliphatic rings. The van der Waals surface area contributed by atoms with Gasteiger partial charge in [0.05, 0.1) is 10.7 Å². The van der Waals surface area contributed by atoms with Crippen molar-refractivity contribution < 1.29 is 4.39 Å². The zero-order valence-corrected chi connectivity index (χ0v) is 9.22. The van der Waals surface area contributed by atoms with Gasteiger partial charge in [0.2, 0.25) is 0 Å². The average Bonchev–Trinajstić information content (AvgIpc) is 2.47. The van der Waals surface area contributed by atoms with E-state index in [1.165, 1.54) is 12.1 Å². The Kier molecular flexibility index (Phi) is 2.49. The van der Waals surface area contributed by atoms with Crippen LogP contribution in [0.15, 0.2) is 24.3 Å². The minimum Gasteiger partial charge on any atom is -0.271 e. The normalized spacial score (nSPS) is 10.7. The van der Waals surface area contributed by atoms with Crippen molar-refractivity contribution in [3.05, 3.63) is 40.8 Å². The zero-order chi connectivity index (χ0) is 11.0. The molecule has 1 aromatic heterocycles. The second-order valence-corrected chi connectivity index (χ2v) is 3.76. The molecule has 0 unspecified atom stereocenters. The molecule has 0 saturated carbocycles. The Balaban J connectivity index is 2.54. The van der Waals surface area contributed by atoms with E-state index in [9.17, 15) is 4.39 Å². The number of hydrogen-bond donors (Lipinski definition) is 0.